The van der Waals surface area contributed by atoms with Crippen molar-refractivity contribution in [2.45, 2.75) is 30.8 Å². The molecule has 0 saturated heterocycles. The molecule has 27 heavy (non-hydrogen) atoms. The summed E-state index contributed by atoms with van der Waals surface area (Å²) >= 11 is 0. The van der Waals surface area contributed by atoms with Crippen LogP contribution in [-0.4, -0.2) is 34.6 Å². The van der Waals surface area contributed by atoms with E-state index < -0.39 is 22.0 Å². The number of rotatable bonds is 8. The number of carbonyl (C=O) groups is 1. The van der Waals surface area contributed by atoms with E-state index in [0.29, 0.717) is 5.75 Å². The molecule has 0 aliphatic rings. The molecule has 0 heterocycles. The van der Waals surface area contributed by atoms with E-state index in [2.05, 4.69) is 10.0 Å². The quantitative estimate of drug-likeness (QED) is 0.719. The second-order valence-corrected chi connectivity index (χ2v) is 7.71. The normalized spacial score (nSPS) is 13.5. The van der Waals surface area contributed by atoms with E-state index in [4.69, 9.17) is 9.47 Å². The average Bonchev–Trinajstić information content (AvgIpc) is 2.67. The van der Waals surface area contributed by atoms with Crippen LogP contribution in [-0.2, 0) is 14.8 Å². The molecule has 7 nitrogen and oxygen atoms in total. The number of amides is 1. The van der Waals surface area contributed by atoms with Gasteiger partial charge in [0.25, 0.3) is 0 Å². The van der Waals surface area contributed by atoms with Crippen molar-refractivity contribution in [2.24, 2.45) is 0 Å². The highest BCUT2D eigenvalue weighted by Gasteiger charge is 2.24. The molecule has 0 aliphatic carbocycles. The van der Waals surface area contributed by atoms with Crippen molar-refractivity contribution >= 4 is 15.9 Å². The van der Waals surface area contributed by atoms with Crippen LogP contribution in [0.5, 0.6) is 11.5 Å². The van der Waals surface area contributed by atoms with Crippen LogP contribution in [0.3, 0.4) is 0 Å². The summed E-state index contributed by atoms with van der Waals surface area (Å²) in [5.74, 6) is 0.282. The van der Waals surface area contributed by atoms with Crippen molar-refractivity contribution in [1.29, 1.82) is 0 Å². The molecule has 2 aromatic carbocycles. The van der Waals surface area contributed by atoms with Crippen molar-refractivity contribution in [3.8, 4) is 11.5 Å². The van der Waals surface area contributed by atoms with Crippen molar-refractivity contribution in [3.63, 3.8) is 0 Å². The van der Waals surface area contributed by atoms with E-state index in [1.54, 1.807) is 0 Å². The maximum absolute atomic E-state index is 12.6. The molecular formula is C19H24N2O5S. The number of hydrogen-bond acceptors (Lipinski definition) is 5. The van der Waals surface area contributed by atoms with Gasteiger partial charge in [-0.2, -0.15) is 4.72 Å². The van der Waals surface area contributed by atoms with Crippen LogP contribution in [0.1, 0.15) is 25.5 Å². The van der Waals surface area contributed by atoms with E-state index in [1.807, 2.05) is 37.3 Å². The molecule has 0 saturated carbocycles. The predicted octanol–water partition coefficient (Wildman–Crippen LogP) is 2.25. The molecule has 0 aliphatic heterocycles. The Kier molecular flexibility index (Phi) is 6.81. The zero-order chi connectivity index (χ0) is 20.0. The summed E-state index contributed by atoms with van der Waals surface area (Å²) in [5, 5.41) is 2.80. The maximum atomic E-state index is 12.6. The van der Waals surface area contributed by atoms with Crippen molar-refractivity contribution in [1.82, 2.24) is 10.0 Å². The minimum absolute atomic E-state index is 0.0177. The molecule has 2 atom stereocenters. The lowest BCUT2D eigenvalue weighted by molar-refractivity contribution is -0.123. The van der Waals surface area contributed by atoms with Gasteiger partial charge in [-0.25, -0.2) is 8.42 Å². The summed E-state index contributed by atoms with van der Waals surface area (Å²) in [5.41, 5.74) is 0.931. The number of ether oxygens (including phenoxy) is 2. The fourth-order valence-electron chi connectivity index (χ4n) is 2.50. The zero-order valence-corrected chi connectivity index (χ0v) is 16.5. The van der Waals surface area contributed by atoms with Gasteiger partial charge >= 0.3 is 0 Å². The Hall–Kier alpha value is -2.58. The lowest BCUT2D eigenvalue weighted by atomic mass is 10.1. The lowest BCUT2D eigenvalue weighted by Crippen LogP contribution is -2.45. The Morgan fingerprint density at radius 2 is 1.59 bits per heavy atom. The Balaban J connectivity index is 2.09. The fourth-order valence-corrected chi connectivity index (χ4v) is 3.72. The van der Waals surface area contributed by atoms with Gasteiger partial charge in [-0.05, 0) is 31.5 Å². The highest BCUT2D eigenvalue weighted by molar-refractivity contribution is 7.89. The third-order valence-electron chi connectivity index (χ3n) is 4.05. The smallest absolute Gasteiger partial charge is 0.241 e. The molecule has 146 valence electrons. The number of benzene rings is 2. The van der Waals surface area contributed by atoms with Crippen molar-refractivity contribution < 1.29 is 22.7 Å². The van der Waals surface area contributed by atoms with Gasteiger partial charge in [-0.15, -0.1) is 0 Å². The largest absolute Gasteiger partial charge is 0.493 e. The van der Waals surface area contributed by atoms with E-state index in [-0.39, 0.29) is 16.7 Å². The molecular weight excluding hydrogens is 368 g/mol. The minimum atomic E-state index is -3.91. The molecule has 0 spiro atoms. The van der Waals surface area contributed by atoms with Crippen LogP contribution in [0.15, 0.2) is 53.4 Å². The zero-order valence-electron chi connectivity index (χ0n) is 15.7. The highest BCUT2D eigenvalue weighted by atomic mass is 32.2. The highest BCUT2D eigenvalue weighted by Crippen LogP contribution is 2.29. The topological polar surface area (TPSA) is 93.7 Å². The van der Waals surface area contributed by atoms with Gasteiger partial charge in [0.05, 0.1) is 31.2 Å². The minimum Gasteiger partial charge on any atom is -0.493 e. The second kappa shape index (κ2) is 8.88. The summed E-state index contributed by atoms with van der Waals surface area (Å²) in [6.45, 7) is 3.33. The summed E-state index contributed by atoms with van der Waals surface area (Å²) in [4.78, 5) is 12.4. The number of carbonyl (C=O) groups excluding carboxylic acids is 1. The molecule has 0 radical (unpaired) electrons. The number of methoxy groups -OCH3 is 2. The Morgan fingerprint density at radius 3 is 2.19 bits per heavy atom. The van der Waals surface area contributed by atoms with E-state index >= 15 is 0 Å². The molecule has 2 N–H and O–H groups in total. The summed E-state index contributed by atoms with van der Waals surface area (Å²) in [6.07, 6.45) is 0. The van der Waals surface area contributed by atoms with Crippen molar-refractivity contribution in [3.05, 3.63) is 54.1 Å². The van der Waals surface area contributed by atoms with Gasteiger partial charge in [-0.1, -0.05) is 30.3 Å². The van der Waals surface area contributed by atoms with Gasteiger partial charge in [-0.3, -0.25) is 4.79 Å². The summed E-state index contributed by atoms with van der Waals surface area (Å²) in [7, 11) is -1.03. The molecule has 1 amide bonds. The van der Waals surface area contributed by atoms with Crippen LogP contribution in [0.25, 0.3) is 0 Å². The fraction of sp³-hybridized carbons (Fsp3) is 0.316. The van der Waals surface area contributed by atoms with Crippen LogP contribution in [0.2, 0.25) is 0 Å². The van der Waals surface area contributed by atoms with E-state index in [9.17, 15) is 13.2 Å². The lowest BCUT2D eigenvalue weighted by Gasteiger charge is -2.19. The SMILES string of the molecule is COc1ccc(S(=O)(=O)N[C@@H](C)C(=O)N[C@H](C)c2ccccc2)cc1OC. The average molecular weight is 392 g/mol. The predicted molar refractivity (Wildman–Crippen MR) is 102 cm³/mol. The Bertz CT molecular complexity index is 884. The van der Waals surface area contributed by atoms with Gasteiger partial charge in [0.1, 0.15) is 0 Å². The van der Waals surface area contributed by atoms with Gasteiger partial charge in [0.2, 0.25) is 15.9 Å². The molecule has 0 fully saturated rings. The van der Waals surface area contributed by atoms with Crippen LogP contribution < -0.4 is 19.5 Å². The van der Waals surface area contributed by atoms with Gasteiger partial charge in [0, 0.05) is 6.07 Å². The van der Waals surface area contributed by atoms with E-state index in [0.717, 1.165) is 5.56 Å². The Morgan fingerprint density at radius 1 is 0.963 bits per heavy atom. The van der Waals surface area contributed by atoms with Crippen molar-refractivity contribution in [2.75, 3.05) is 14.2 Å². The maximum Gasteiger partial charge on any atom is 0.241 e. The third kappa shape index (κ3) is 5.21. The Labute approximate surface area is 159 Å². The van der Waals surface area contributed by atoms with Crippen LogP contribution in [0.4, 0.5) is 0 Å². The third-order valence-corrected chi connectivity index (χ3v) is 5.59. The first kappa shape index (κ1) is 20.7. The second-order valence-electron chi connectivity index (χ2n) is 6.00. The molecule has 0 bridgehead atoms. The first-order valence-electron chi connectivity index (χ1n) is 8.38. The van der Waals surface area contributed by atoms with Gasteiger partial charge in [0.15, 0.2) is 11.5 Å². The molecule has 2 aromatic rings. The monoisotopic (exact) mass is 392 g/mol. The van der Waals surface area contributed by atoms with E-state index in [1.165, 1.54) is 39.3 Å². The number of nitrogens with one attached hydrogen (secondary N) is 2. The molecule has 8 heteroatoms. The molecule has 2 rings (SSSR count). The number of sulfonamides is 1. The van der Waals surface area contributed by atoms with Gasteiger partial charge < -0.3 is 14.8 Å². The summed E-state index contributed by atoms with van der Waals surface area (Å²) < 4.78 is 37.8. The van der Waals surface area contributed by atoms with Crippen LogP contribution >= 0.6 is 0 Å². The molecule has 0 unspecified atom stereocenters. The van der Waals surface area contributed by atoms with Crippen LogP contribution in [0, 0.1) is 0 Å². The first-order valence-corrected chi connectivity index (χ1v) is 9.86. The number of hydrogen-bond donors (Lipinski definition) is 2. The standard InChI is InChI=1S/C19H24N2O5S/c1-13(15-8-6-5-7-9-15)20-19(22)14(2)21-27(23,24)16-10-11-17(25-3)18(12-16)26-4/h5-14,21H,1-4H3,(H,20,22)/t13-,14+/m1/s1. The first-order chi connectivity index (χ1) is 12.8. The molecule has 0 aromatic heterocycles. The summed E-state index contributed by atoms with van der Waals surface area (Å²) in [6, 6.07) is 12.5.